The molecule has 0 spiro atoms. The molecule has 0 fully saturated rings. The lowest BCUT2D eigenvalue weighted by molar-refractivity contribution is -0.142. The highest BCUT2D eigenvalue weighted by Gasteiger charge is 2.32. The molecule has 25 heavy (non-hydrogen) atoms. The normalized spacial score (nSPS) is 12.4. The quantitative estimate of drug-likeness (QED) is 0.492. The van der Waals surface area contributed by atoms with E-state index >= 15 is 0 Å². The van der Waals surface area contributed by atoms with E-state index in [0.717, 1.165) is 4.90 Å². The minimum Gasteiger partial charge on any atom is -0.480 e. The molecule has 0 heterocycles. The number of anilines is 1. The van der Waals surface area contributed by atoms with Gasteiger partial charge in [-0.25, -0.2) is 9.59 Å². The van der Waals surface area contributed by atoms with Crippen molar-refractivity contribution in [1.29, 1.82) is 0 Å². The smallest absolute Gasteiger partial charge is 0.410 e. The molecule has 0 radical (unpaired) electrons. The number of halogens is 2. The van der Waals surface area contributed by atoms with Gasteiger partial charge in [0.1, 0.15) is 11.6 Å². The number of amides is 1. The van der Waals surface area contributed by atoms with Crippen LogP contribution in [0.4, 0.5) is 10.5 Å². The van der Waals surface area contributed by atoms with Crippen LogP contribution in [0, 0.1) is 0 Å². The van der Waals surface area contributed by atoms with Gasteiger partial charge in [0, 0.05) is 28.0 Å². The van der Waals surface area contributed by atoms with E-state index in [-0.39, 0.29) is 5.56 Å². The van der Waals surface area contributed by atoms with Gasteiger partial charge in [-0.05, 0) is 64.8 Å². The minimum atomic E-state index is -1.35. The Morgan fingerprint density at radius 3 is 2.12 bits per heavy atom. The zero-order valence-electron chi connectivity index (χ0n) is 14.3. The van der Waals surface area contributed by atoms with Crippen LogP contribution < -0.4 is 5.73 Å². The van der Waals surface area contributed by atoms with Crippen LogP contribution in [0.5, 0.6) is 0 Å². The highest BCUT2D eigenvalue weighted by Crippen LogP contribution is 2.30. The van der Waals surface area contributed by atoms with Crippen molar-refractivity contribution in [2.75, 3.05) is 12.8 Å². The first-order valence-electron chi connectivity index (χ1n) is 7.30. The summed E-state index contributed by atoms with van der Waals surface area (Å²) in [6.45, 7) is 5.01. The topological polar surface area (TPSA) is 110 Å². The number of aliphatic carboxylic acids is 1. The number of nitrogens with zero attached hydrogens (tertiary/aromatic N) is 1. The van der Waals surface area contributed by atoms with Crippen LogP contribution >= 0.6 is 31.9 Å². The van der Waals surface area contributed by atoms with Gasteiger partial charge in [-0.1, -0.05) is 0 Å². The molecule has 7 nitrogen and oxygen atoms in total. The fourth-order valence-electron chi connectivity index (χ4n) is 1.89. The number of carboxylic acid groups (broad SMARTS) is 1. The van der Waals surface area contributed by atoms with Crippen LogP contribution in [0.3, 0.4) is 0 Å². The largest absolute Gasteiger partial charge is 0.480 e. The summed E-state index contributed by atoms with van der Waals surface area (Å²) >= 11 is 6.47. The van der Waals surface area contributed by atoms with Crippen molar-refractivity contribution in [2.45, 2.75) is 38.8 Å². The van der Waals surface area contributed by atoms with E-state index in [1.54, 1.807) is 20.8 Å². The molecule has 1 atom stereocenters. The van der Waals surface area contributed by atoms with Gasteiger partial charge in [0.05, 0.1) is 5.69 Å². The van der Waals surface area contributed by atoms with Crippen LogP contribution in [0.25, 0.3) is 0 Å². The molecule has 1 unspecified atom stereocenters. The fraction of sp³-hybridized carbons (Fsp3) is 0.438. The van der Waals surface area contributed by atoms with Gasteiger partial charge < -0.3 is 15.6 Å². The van der Waals surface area contributed by atoms with Crippen molar-refractivity contribution in [3.05, 3.63) is 26.6 Å². The molecule has 3 N–H and O–H groups in total. The minimum absolute atomic E-state index is 0.275. The number of carbonyl (C=O) groups is 3. The molecule has 138 valence electrons. The van der Waals surface area contributed by atoms with Crippen LogP contribution in [-0.2, 0) is 9.53 Å². The van der Waals surface area contributed by atoms with E-state index < -0.39 is 35.9 Å². The number of nitrogens with two attached hydrogens (primary N) is 1. The monoisotopic (exact) mass is 478 g/mol. The third-order valence-corrected chi connectivity index (χ3v) is 4.53. The highest BCUT2D eigenvalue weighted by molar-refractivity contribution is 9.11. The molecule has 0 aromatic heterocycles. The second-order valence-electron chi connectivity index (χ2n) is 6.43. The van der Waals surface area contributed by atoms with Crippen LogP contribution in [0.1, 0.15) is 37.6 Å². The van der Waals surface area contributed by atoms with Crippen LogP contribution in [0.15, 0.2) is 21.1 Å². The number of carbonyl (C=O) groups excluding carboxylic acids is 2. The van der Waals surface area contributed by atoms with Crippen LogP contribution in [-0.4, -0.2) is 46.5 Å². The standard InChI is InChI=1S/C16H20Br2N2O5/c1-16(2,3)25-15(24)20(4)11(14(22)23)7-12(21)8-5-9(17)13(19)10(18)6-8/h5-6,11H,7,19H2,1-4H3,(H,22,23). The maximum absolute atomic E-state index is 12.5. The highest BCUT2D eigenvalue weighted by atomic mass is 79.9. The summed E-state index contributed by atoms with van der Waals surface area (Å²) in [5, 5.41) is 9.40. The summed E-state index contributed by atoms with van der Waals surface area (Å²) < 4.78 is 6.18. The number of hydrogen-bond donors (Lipinski definition) is 2. The Hall–Kier alpha value is -1.61. The van der Waals surface area contributed by atoms with Crippen LogP contribution in [0.2, 0.25) is 0 Å². The third kappa shape index (κ3) is 6.00. The Morgan fingerprint density at radius 2 is 1.72 bits per heavy atom. The van der Waals surface area contributed by atoms with E-state index in [1.807, 2.05) is 0 Å². The molecule has 0 aliphatic rings. The Kier molecular flexibility index (Phi) is 7.01. The van der Waals surface area contributed by atoms with Gasteiger partial charge in [-0.3, -0.25) is 9.69 Å². The summed E-state index contributed by atoms with van der Waals surface area (Å²) in [4.78, 5) is 37.0. The molecule has 0 saturated heterocycles. The zero-order chi connectivity index (χ0) is 19.5. The number of benzene rings is 1. The van der Waals surface area contributed by atoms with Crippen molar-refractivity contribution in [2.24, 2.45) is 0 Å². The predicted octanol–water partition coefficient (Wildman–Crippen LogP) is 3.69. The molecule has 0 saturated carbocycles. The number of ketones is 1. The molecule has 0 aliphatic carbocycles. The predicted molar refractivity (Wildman–Crippen MR) is 101 cm³/mol. The van der Waals surface area contributed by atoms with Gasteiger partial charge in [0.25, 0.3) is 0 Å². The lowest BCUT2D eigenvalue weighted by Crippen LogP contribution is -2.45. The summed E-state index contributed by atoms with van der Waals surface area (Å²) in [5.74, 6) is -1.74. The zero-order valence-corrected chi connectivity index (χ0v) is 17.5. The average Bonchev–Trinajstić information content (AvgIpc) is 2.46. The maximum atomic E-state index is 12.5. The maximum Gasteiger partial charge on any atom is 0.410 e. The van der Waals surface area contributed by atoms with Gasteiger partial charge in [0.2, 0.25) is 0 Å². The lowest BCUT2D eigenvalue weighted by atomic mass is 10.0. The van der Waals surface area contributed by atoms with Crippen molar-refractivity contribution in [3.63, 3.8) is 0 Å². The molecule has 1 aromatic carbocycles. The van der Waals surface area contributed by atoms with E-state index in [1.165, 1.54) is 19.2 Å². The number of hydrogen-bond acceptors (Lipinski definition) is 5. The molecule has 1 aromatic rings. The Bertz CT molecular complexity index is 677. The van der Waals surface area contributed by atoms with Gasteiger partial charge in [-0.15, -0.1) is 0 Å². The van der Waals surface area contributed by atoms with Gasteiger partial charge >= 0.3 is 12.1 Å². The summed E-state index contributed by atoms with van der Waals surface area (Å²) in [6, 6.07) is 1.67. The van der Waals surface area contributed by atoms with Crippen molar-refractivity contribution in [3.8, 4) is 0 Å². The number of likely N-dealkylation sites (N-methyl/N-ethyl adjacent to an activating group) is 1. The molecule has 1 amide bonds. The number of carboxylic acids is 1. The number of Topliss-reactive ketones (excluding diaryl/α,β-unsaturated/α-hetero) is 1. The van der Waals surface area contributed by atoms with E-state index in [0.29, 0.717) is 14.6 Å². The van der Waals surface area contributed by atoms with E-state index in [9.17, 15) is 19.5 Å². The van der Waals surface area contributed by atoms with Crippen molar-refractivity contribution >= 4 is 55.4 Å². The molecule has 1 rings (SSSR count). The first-order chi connectivity index (χ1) is 11.3. The molecule has 0 aliphatic heterocycles. The second-order valence-corrected chi connectivity index (χ2v) is 8.13. The van der Waals surface area contributed by atoms with Crippen molar-refractivity contribution in [1.82, 2.24) is 4.90 Å². The van der Waals surface area contributed by atoms with Gasteiger partial charge in [0.15, 0.2) is 5.78 Å². The molecular formula is C16H20Br2N2O5. The Balaban J connectivity index is 3.00. The van der Waals surface area contributed by atoms with Crippen molar-refractivity contribution < 1.29 is 24.2 Å². The van der Waals surface area contributed by atoms with Gasteiger partial charge in [-0.2, -0.15) is 0 Å². The number of nitrogen functional groups attached to an aromatic ring is 1. The summed E-state index contributed by atoms with van der Waals surface area (Å²) in [6.07, 6.45) is -1.21. The Morgan fingerprint density at radius 1 is 1.24 bits per heavy atom. The molecule has 0 bridgehead atoms. The van der Waals surface area contributed by atoms with E-state index in [2.05, 4.69) is 31.9 Å². The second kappa shape index (κ2) is 8.18. The first kappa shape index (κ1) is 21.4. The number of ether oxygens (including phenoxy) is 1. The Labute approximate surface area is 162 Å². The summed E-state index contributed by atoms with van der Waals surface area (Å²) in [7, 11) is 1.29. The van der Waals surface area contributed by atoms with E-state index in [4.69, 9.17) is 10.5 Å². The molecular weight excluding hydrogens is 460 g/mol. The first-order valence-corrected chi connectivity index (χ1v) is 8.88. The number of rotatable bonds is 5. The third-order valence-electron chi connectivity index (χ3n) is 3.21. The fourth-order valence-corrected chi connectivity index (χ4v) is 3.08. The average molecular weight is 480 g/mol. The SMILES string of the molecule is CN(C(=O)OC(C)(C)C)C(CC(=O)c1cc(Br)c(N)c(Br)c1)C(=O)O. The molecule has 9 heteroatoms. The lowest BCUT2D eigenvalue weighted by Gasteiger charge is -2.28. The summed E-state index contributed by atoms with van der Waals surface area (Å²) in [5.41, 5.74) is 5.71.